The van der Waals surface area contributed by atoms with Gasteiger partial charge in [-0.15, -0.1) is 0 Å². The zero-order valence-electron chi connectivity index (χ0n) is 10.0. The van der Waals surface area contributed by atoms with E-state index in [9.17, 15) is 14.9 Å². The first-order valence-electron chi connectivity index (χ1n) is 5.05. The molecule has 0 spiro atoms. The molecule has 0 saturated heterocycles. The van der Waals surface area contributed by atoms with Crippen molar-refractivity contribution in [1.29, 1.82) is 0 Å². The van der Waals surface area contributed by atoms with E-state index in [1.165, 1.54) is 25.3 Å². The van der Waals surface area contributed by atoms with Crippen molar-refractivity contribution in [1.82, 2.24) is 0 Å². The second-order valence-corrected chi connectivity index (χ2v) is 2.66. The minimum absolute atomic E-state index is 0.0324. The molecule has 0 aliphatic rings. The highest BCUT2D eigenvalue weighted by molar-refractivity contribution is 5.45. The molecule has 17 heavy (non-hydrogen) atoms. The second-order valence-electron chi connectivity index (χ2n) is 2.66. The molecule has 1 rings (SSSR count). The summed E-state index contributed by atoms with van der Waals surface area (Å²) in [6.07, 6.45) is 0. The lowest BCUT2D eigenvalue weighted by Crippen LogP contribution is -1.97. The standard InChI is InChI=1S/C9H9NO5.C2H6/c1-14-9-4-8(10(12)13)3-2-7(9)5-15-6-11;1-2/h2-4,6H,5H2,1H3;1-2H3. The van der Waals surface area contributed by atoms with Crippen molar-refractivity contribution in [2.24, 2.45) is 0 Å². The van der Waals surface area contributed by atoms with Crippen LogP contribution in [0.2, 0.25) is 0 Å². The number of carbonyl (C=O) groups is 1. The molecule has 0 N–H and O–H groups in total. The van der Waals surface area contributed by atoms with Crippen molar-refractivity contribution < 1.29 is 19.2 Å². The topological polar surface area (TPSA) is 78.7 Å². The summed E-state index contributed by atoms with van der Waals surface area (Å²) in [7, 11) is 1.39. The number of benzene rings is 1. The molecule has 0 amide bonds. The van der Waals surface area contributed by atoms with Crippen LogP contribution in [0.5, 0.6) is 5.75 Å². The number of nitro groups is 1. The third kappa shape index (κ3) is 4.50. The zero-order chi connectivity index (χ0) is 13.3. The number of ether oxygens (including phenoxy) is 2. The van der Waals surface area contributed by atoms with Gasteiger partial charge < -0.3 is 9.47 Å². The van der Waals surface area contributed by atoms with Crippen molar-refractivity contribution in [3.8, 4) is 5.75 Å². The number of carbonyl (C=O) groups excluding carboxylic acids is 1. The fraction of sp³-hybridized carbons (Fsp3) is 0.364. The summed E-state index contributed by atoms with van der Waals surface area (Å²) in [5.74, 6) is 0.325. The molecular formula is C11H15NO5. The highest BCUT2D eigenvalue weighted by atomic mass is 16.6. The molecule has 0 unspecified atom stereocenters. The Morgan fingerprint density at radius 2 is 2.06 bits per heavy atom. The Bertz CT molecular complexity index is 378. The van der Waals surface area contributed by atoms with Gasteiger partial charge in [-0.1, -0.05) is 13.8 Å². The summed E-state index contributed by atoms with van der Waals surface area (Å²) in [5.41, 5.74) is 0.511. The number of hydrogen-bond acceptors (Lipinski definition) is 5. The molecule has 0 bridgehead atoms. The molecule has 0 aliphatic carbocycles. The first-order valence-corrected chi connectivity index (χ1v) is 5.05. The molecule has 0 aromatic heterocycles. The van der Waals surface area contributed by atoms with Gasteiger partial charge in [-0.3, -0.25) is 14.9 Å². The van der Waals surface area contributed by atoms with E-state index in [1.807, 2.05) is 13.8 Å². The summed E-state index contributed by atoms with van der Waals surface area (Å²) in [4.78, 5) is 19.9. The summed E-state index contributed by atoms with van der Waals surface area (Å²) in [6, 6.07) is 4.09. The van der Waals surface area contributed by atoms with Gasteiger partial charge in [0.2, 0.25) is 0 Å². The number of methoxy groups -OCH3 is 1. The van der Waals surface area contributed by atoms with Gasteiger partial charge in [0.1, 0.15) is 12.4 Å². The predicted octanol–water partition coefficient (Wildman–Crippen LogP) is 2.30. The van der Waals surface area contributed by atoms with Crippen molar-refractivity contribution in [2.75, 3.05) is 7.11 Å². The van der Waals surface area contributed by atoms with Crippen LogP contribution in [0.15, 0.2) is 18.2 Å². The molecule has 0 heterocycles. The van der Waals surface area contributed by atoms with E-state index in [0.29, 0.717) is 17.8 Å². The van der Waals surface area contributed by atoms with Crippen LogP contribution in [-0.2, 0) is 16.1 Å². The van der Waals surface area contributed by atoms with Crippen molar-refractivity contribution in [2.45, 2.75) is 20.5 Å². The molecule has 0 atom stereocenters. The summed E-state index contributed by atoms with van der Waals surface area (Å²) < 4.78 is 9.46. The SMILES string of the molecule is CC.COc1cc([N+](=O)[O-])ccc1COC=O. The fourth-order valence-electron chi connectivity index (χ4n) is 1.09. The van der Waals surface area contributed by atoms with Gasteiger partial charge in [-0.2, -0.15) is 0 Å². The lowest BCUT2D eigenvalue weighted by atomic mass is 10.2. The smallest absolute Gasteiger partial charge is 0.293 e. The van der Waals surface area contributed by atoms with Crippen molar-refractivity contribution >= 4 is 12.2 Å². The molecule has 6 heteroatoms. The summed E-state index contributed by atoms with van der Waals surface area (Å²) >= 11 is 0. The highest BCUT2D eigenvalue weighted by Crippen LogP contribution is 2.24. The van der Waals surface area contributed by atoms with E-state index in [0.717, 1.165) is 0 Å². The molecule has 0 fully saturated rings. The quantitative estimate of drug-likeness (QED) is 0.449. The first-order chi connectivity index (χ1) is 8.19. The van der Waals surface area contributed by atoms with Crippen LogP contribution >= 0.6 is 0 Å². The third-order valence-corrected chi connectivity index (χ3v) is 1.79. The normalized spacial score (nSPS) is 8.65. The first kappa shape index (κ1) is 14.9. The number of hydrogen-bond donors (Lipinski definition) is 0. The molecule has 6 nitrogen and oxygen atoms in total. The van der Waals surface area contributed by atoms with Crippen LogP contribution in [0.1, 0.15) is 19.4 Å². The Kier molecular flexibility index (Phi) is 7.09. The lowest BCUT2D eigenvalue weighted by Gasteiger charge is -2.06. The van der Waals surface area contributed by atoms with E-state index in [1.54, 1.807) is 0 Å². The third-order valence-electron chi connectivity index (χ3n) is 1.79. The van der Waals surface area contributed by atoms with Crippen molar-refractivity contribution in [3.63, 3.8) is 0 Å². The Balaban J connectivity index is 0.00000121. The molecule has 0 saturated carbocycles. The minimum atomic E-state index is -0.521. The summed E-state index contributed by atoms with van der Waals surface area (Å²) in [6.45, 7) is 4.34. The summed E-state index contributed by atoms with van der Waals surface area (Å²) in [5, 5.41) is 10.5. The number of nitro benzene ring substituents is 1. The molecule has 94 valence electrons. The highest BCUT2D eigenvalue weighted by Gasteiger charge is 2.11. The van der Waals surface area contributed by atoms with Gasteiger partial charge in [-0.25, -0.2) is 0 Å². The monoisotopic (exact) mass is 241 g/mol. The van der Waals surface area contributed by atoms with Gasteiger partial charge in [-0.05, 0) is 6.07 Å². The average molecular weight is 241 g/mol. The van der Waals surface area contributed by atoms with Crippen LogP contribution < -0.4 is 4.74 Å². The van der Waals surface area contributed by atoms with Gasteiger partial charge in [0, 0.05) is 11.6 Å². The fourth-order valence-corrected chi connectivity index (χ4v) is 1.09. The molecule has 0 radical (unpaired) electrons. The molecular weight excluding hydrogens is 226 g/mol. The van der Waals surface area contributed by atoms with E-state index in [-0.39, 0.29) is 12.3 Å². The molecule has 1 aromatic rings. The Morgan fingerprint density at radius 3 is 2.53 bits per heavy atom. The maximum Gasteiger partial charge on any atom is 0.293 e. The van der Waals surface area contributed by atoms with Gasteiger partial charge in [0.05, 0.1) is 18.1 Å². The number of nitrogens with zero attached hydrogens (tertiary/aromatic N) is 1. The maximum absolute atomic E-state index is 10.5. The molecule has 1 aromatic carbocycles. The number of rotatable bonds is 5. The van der Waals surface area contributed by atoms with E-state index >= 15 is 0 Å². The zero-order valence-corrected chi connectivity index (χ0v) is 10.0. The van der Waals surface area contributed by atoms with Gasteiger partial charge >= 0.3 is 0 Å². The average Bonchev–Trinajstić information content (AvgIpc) is 2.38. The Hall–Kier alpha value is -2.11. The van der Waals surface area contributed by atoms with Crippen LogP contribution in [0.25, 0.3) is 0 Å². The minimum Gasteiger partial charge on any atom is -0.496 e. The number of non-ortho nitro benzene ring substituents is 1. The van der Waals surface area contributed by atoms with Crippen LogP contribution in [0.4, 0.5) is 5.69 Å². The largest absolute Gasteiger partial charge is 0.496 e. The maximum atomic E-state index is 10.5. The van der Waals surface area contributed by atoms with Crippen molar-refractivity contribution in [3.05, 3.63) is 33.9 Å². The predicted molar refractivity (Wildman–Crippen MR) is 61.8 cm³/mol. The van der Waals surface area contributed by atoms with E-state index in [2.05, 4.69) is 4.74 Å². The Morgan fingerprint density at radius 1 is 1.41 bits per heavy atom. The Labute approximate surface area is 99.3 Å². The van der Waals surface area contributed by atoms with Crippen LogP contribution in [0, 0.1) is 10.1 Å². The van der Waals surface area contributed by atoms with E-state index in [4.69, 9.17) is 4.74 Å². The van der Waals surface area contributed by atoms with Crippen LogP contribution in [-0.4, -0.2) is 18.5 Å². The second kappa shape index (κ2) is 8.09. The lowest BCUT2D eigenvalue weighted by molar-refractivity contribution is -0.384. The van der Waals surface area contributed by atoms with E-state index < -0.39 is 4.92 Å². The van der Waals surface area contributed by atoms with Gasteiger partial charge in [0.25, 0.3) is 12.2 Å². The molecule has 0 aliphatic heterocycles. The van der Waals surface area contributed by atoms with Crippen LogP contribution in [0.3, 0.4) is 0 Å². The van der Waals surface area contributed by atoms with Gasteiger partial charge in [0.15, 0.2) is 0 Å².